The van der Waals surface area contributed by atoms with Crippen LogP contribution in [0.4, 0.5) is 0 Å². The Kier molecular flexibility index (Phi) is 5.25. The SMILES string of the molecule is CCCCCC(CCC)n1[nH]c(=O)n(C)c1=O. The van der Waals surface area contributed by atoms with Crippen LogP contribution in [0.1, 0.15) is 58.4 Å². The molecule has 0 bridgehead atoms. The smallest absolute Gasteiger partial charge is 0.246 e. The number of nitrogens with zero attached hydrogens (tertiary/aromatic N) is 2. The molecule has 1 heterocycles. The normalized spacial score (nSPS) is 12.9. The van der Waals surface area contributed by atoms with E-state index < -0.39 is 0 Å². The van der Waals surface area contributed by atoms with Crippen LogP contribution in [0.2, 0.25) is 0 Å². The number of hydrogen-bond acceptors (Lipinski definition) is 2. The second-order valence-electron chi connectivity index (χ2n) is 4.57. The van der Waals surface area contributed by atoms with E-state index in [-0.39, 0.29) is 17.4 Å². The number of aromatic amines is 1. The lowest BCUT2D eigenvalue weighted by atomic mass is 10.0. The lowest BCUT2D eigenvalue weighted by Gasteiger charge is -2.15. The van der Waals surface area contributed by atoms with Gasteiger partial charge >= 0.3 is 11.4 Å². The van der Waals surface area contributed by atoms with Crippen molar-refractivity contribution in [3.05, 3.63) is 21.0 Å². The van der Waals surface area contributed by atoms with E-state index in [2.05, 4.69) is 18.9 Å². The van der Waals surface area contributed by atoms with Gasteiger partial charge in [0.05, 0.1) is 6.04 Å². The van der Waals surface area contributed by atoms with Crippen LogP contribution < -0.4 is 11.4 Å². The van der Waals surface area contributed by atoms with E-state index in [0.717, 1.165) is 30.3 Å². The first-order valence-electron chi connectivity index (χ1n) is 6.49. The fraction of sp³-hybridized carbons (Fsp3) is 0.833. The van der Waals surface area contributed by atoms with Gasteiger partial charge in [0.2, 0.25) is 0 Å². The molecule has 0 aliphatic rings. The van der Waals surface area contributed by atoms with Crippen molar-refractivity contribution in [2.45, 2.75) is 58.4 Å². The Morgan fingerprint density at radius 1 is 1.12 bits per heavy atom. The van der Waals surface area contributed by atoms with Gasteiger partial charge in [-0.3, -0.25) is 0 Å². The molecule has 1 N–H and O–H groups in total. The summed E-state index contributed by atoms with van der Waals surface area (Å²) < 4.78 is 2.63. The summed E-state index contributed by atoms with van der Waals surface area (Å²) in [6.45, 7) is 4.25. The second-order valence-corrected chi connectivity index (χ2v) is 4.57. The molecular weight excluding hydrogens is 218 g/mol. The number of aromatic nitrogens is 3. The highest BCUT2D eigenvalue weighted by Gasteiger charge is 2.15. The molecule has 1 atom stereocenters. The van der Waals surface area contributed by atoms with Gasteiger partial charge in [-0.25, -0.2) is 23.9 Å². The third-order valence-corrected chi connectivity index (χ3v) is 3.14. The number of H-pyrrole nitrogens is 1. The van der Waals surface area contributed by atoms with Crippen molar-refractivity contribution in [2.75, 3.05) is 0 Å². The lowest BCUT2D eigenvalue weighted by Crippen LogP contribution is -2.28. The summed E-state index contributed by atoms with van der Waals surface area (Å²) in [5.41, 5.74) is -0.559. The first-order valence-corrected chi connectivity index (χ1v) is 6.49. The Balaban J connectivity index is 2.85. The van der Waals surface area contributed by atoms with E-state index in [1.165, 1.54) is 24.6 Å². The molecule has 1 aromatic heterocycles. The number of unbranched alkanes of at least 4 members (excludes halogenated alkanes) is 2. The standard InChI is InChI=1S/C12H23N3O2/c1-4-6-7-9-10(8-5-2)15-12(17)14(3)11(16)13-15/h10H,4-9H2,1-3H3,(H,13,16). The fourth-order valence-electron chi connectivity index (χ4n) is 2.09. The molecule has 0 saturated carbocycles. The lowest BCUT2D eigenvalue weighted by molar-refractivity contribution is 0.368. The number of nitrogens with one attached hydrogen (secondary N) is 1. The Morgan fingerprint density at radius 3 is 2.29 bits per heavy atom. The van der Waals surface area contributed by atoms with Crippen LogP contribution in [0.25, 0.3) is 0 Å². The summed E-state index contributed by atoms with van der Waals surface area (Å²) in [7, 11) is 1.51. The molecule has 5 heteroatoms. The molecule has 1 rings (SSSR count). The van der Waals surface area contributed by atoms with Crippen molar-refractivity contribution in [3.8, 4) is 0 Å². The van der Waals surface area contributed by atoms with Crippen LogP contribution in [-0.2, 0) is 7.05 Å². The van der Waals surface area contributed by atoms with E-state index in [1.54, 1.807) is 0 Å². The number of rotatable bonds is 7. The van der Waals surface area contributed by atoms with E-state index in [1.807, 2.05) is 0 Å². The summed E-state index contributed by atoms with van der Waals surface area (Å²) in [6.07, 6.45) is 6.35. The first-order chi connectivity index (χ1) is 8.11. The summed E-state index contributed by atoms with van der Waals surface area (Å²) >= 11 is 0. The Labute approximate surface area is 101 Å². The highest BCUT2D eigenvalue weighted by Crippen LogP contribution is 2.18. The molecule has 0 spiro atoms. The first kappa shape index (κ1) is 13.8. The second kappa shape index (κ2) is 6.47. The van der Waals surface area contributed by atoms with E-state index in [0.29, 0.717) is 0 Å². The predicted octanol–water partition coefficient (Wildman–Crippen LogP) is 1.80. The number of hydrogen-bond donors (Lipinski definition) is 1. The molecule has 1 unspecified atom stereocenters. The minimum atomic E-state index is -0.327. The van der Waals surface area contributed by atoms with Crippen LogP contribution in [-0.4, -0.2) is 14.3 Å². The molecular formula is C12H23N3O2. The van der Waals surface area contributed by atoms with E-state index >= 15 is 0 Å². The van der Waals surface area contributed by atoms with Gasteiger partial charge in [-0.05, 0) is 12.8 Å². The summed E-state index contributed by atoms with van der Waals surface area (Å²) in [5, 5.41) is 2.64. The highest BCUT2D eigenvalue weighted by molar-refractivity contribution is 4.74. The molecule has 0 aliphatic carbocycles. The van der Waals surface area contributed by atoms with Crippen molar-refractivity contribution >= 4 is 0 Å². The van der Waals surface area contributed by atoms with Gasteiger partial charge in [-0.2, -0.15) is 0 Å². The van der Waals surface area contributed by atoms with Gasteiger partial charge in [0.15, 0.2) is 0 Å². The minimum absolute atomic E-state index is 0.132. The maximum atomic E-state index is 11.8. The Morgan fingerprint density at radius 2 is 1.82 bits per heavy atom. The van der Waals surface area contributed by atoms with Crippen molar-refractivity contribution in [1.82, 2.24) is 14.3 Å². The van der Waals surface area contributed by atoms with Crippen LogP contribution in [0, 0.1) is 0 Å². The molecule has 0 radical (unpaired) electrons. The zero-order valence-electron chi connectivity index (χ0n) is 11.0. The molecule has 0 amide bonds. The molecule has 0 aromatic carbocycles. The maximum Gasteiger partial charge on any atom is 0.346 e. The van der Waals surface area contributed by atoms with Crippen molar-refractivity contribution in [3.63, 3.8) is 0 Å². The zero-order chi connectivity index (χ0) is 12.8. The quantitative estimate of drug-likeness (QED) is 0.740. The van der Waals surface area contributed by atoms with Crippen LogP contribution in [0.5, 0.6) is 0 Å². The topological polar surface area (TPSA) is 59.8 Å². The monoisotopic (exact) mass is 241 g/mol. The van der Waals surface area contributed by atoms with Gasteiger partial charge < -0.3 is 0 Å². The van der Waals surface area contributed by atoms with Crippen LogP contribution >= 0.6 is 0 Å². The molecule has 0 fully saturated rings. The highest BCUT2D eigenvalue weighted by atomic mass is 16.2. The van der Waals surface area contributed by atoms with Gasteiger partial charge in [0, 0.05) is 7.05 Å². The molecule has 5 nitrogen and oxygen atoms in total. The Hall–Kier alpha value is -1.26. The van der Waals surface area contributed by atoms with E-state index in [4.69, 9.17) is 0 Å². The molecule has 0 saturated heterocycles. The zero-order valence-corrected chi connectivity index (χ0v) is 11.0. The Bertz CT molecular complexity index is 441. The van der Waals surface area contributed by atoms with Gasteiger partial charge in [-0.1, -0.05) is 39.5 Å². The maximum absolute atomic E-state index is 11.8. The predicted molar refractivity (Wildman–Crippen MR) is 68.4 cm³/mol. The summed E-state index contributed by atoms with van der Waals surface area (Å²) in [5.74, 6) is 0. The summed E-state index contributed by atoms with van der Waals surface area (Å²) in [6, 6.07) is 0.132. The largest absolute Gasteiger partial charge is 0.346 e. The van der Waals surface area contributed by atoms with Crippen molar-refractivity contribution in [1.29, 1.82) is 0 Å². The molecule has 98 valence electrons. The van der Waals surface area contributed by atoms with Crippen molar-refractivity contribution in [2.24, 2.45) is 7.05 Å². The van der Waals surface area contributed by atoms with Gasteiger partial charge in [0.1, 0.15) is 0 Å². The van der Waals surface area contributed by atoms with E-state index in [9.17, 15) is 9.59 Å². The third-order valence-electron chi connectivity index (χ3n) is 3.14. The van der Waals surface area contributed by atoms with Crippen LogP contribution in [0.3, 0.4) is 0 Å². The average molecular weight is 241 g/mol. The van der Waals surface area contributed by atoms with Gasteiger partial charge in [-0.15, -0.1) is 0 Å². The minimum Gasteiger partial charge on any atom is -0.246 e. The molecule has 17 heavy (non-hydrogen) atoms. The van der Waals surface area contributed by atoms with Gasteiger partial charge in [0.25, 0.3) is 0 Å². The average Bonchev–Trinajstić information content (AvgIpc) is 2.56. The molecule has 1 aromatic rings. The van der Waals surface area contributed by atoms with Crippen molar-refractivity contribution < 1.29 is 0 Å². The summed E-state index contributed by atoms with van der Waals surface area (Å²) in [4.78, 5) is 23.2. The molecule has 0 aliphatic heterocycles. The van der Waals surface area contributed by atoms with Crippen LogP contribution in [0.15, 0.2) is 9.59 Å². The fourth-order valence-corrected chi connectivity index (χ4v) is 2.09. The third kappa shape index (κ3) is 3.35.